The van der Waals surface area contributed by atoms with E-state index in [1.54, 1.807) is 12.4 Å². The predicted octanol–water partition coefficient (Wildman–Crippen LogP) is 2.59. The Bertz CT molecular complexity index is 665. The molecule has 2 aromatic heterocycles. The largest absolute Gasteiger partial charge is 0.471 e. The second-order valence-corrected chi connectivity index (χ2v) is 5.18. The number of likely N-dealkylation sites (tertiary alicyclic amines) is 1. The SMILES string of the molecule is O=C(N1CCC[C@H]1Cn1ccc2cccnc21)C(F)(F)F. The molecule has 1 fully saturated rings. The zero-order valence-corrected chi connectivity index (χ0v) is 11.2. The summed E-state index contributed by atoms with van der Waals surface area (Å²) >= 11 is 0. The van der Waals surface area contributed by atoms with E-state index in [2.05, 4.69) is 4.98 Å². The Hall–Kier alpha value is -2.05. The smallest absolute Gasteiger partial charge is 0.330 e. The fourth-order valence-corrected chi connectivity index (χ4v) is 2.85. The van der Waals surface area contributed by atoms with Gasteiger partial charge in [0.25, 0.3) is 0 Å². The van der Waals surface area contributed by atoms with Crippen LogP contribution in [0.4, 0.5) is 13.2 Å². The van der Waals surface area contributed by atoms with E-state index < -0.39 is 18.1 Å². The summed E-state index contributed by atoms with van der Waals surface area (Å²) in [6.45, 7) is 0.498. The molecule has 0 aliphatic carbocycles. The van der Waals surface area contributed by atoms with Crippen molar-refractivity contribution in [3.05, 3.63) is 30.6 Å². The summed E-state index contributed by atoms with van der Waals surface area (Å²) in [6.07, 6.45) is -0.189. The van der Waals surface area contributed by atoms with Gasteiger partial charge < -0.3 is 9.47 Å². The first kappa shape index (κ1) is 13.9. The molecule has 4 nitrogen and oxygen atoms in total. The van der Waals surface area contributed by atoms with Gasteiger partial charge in [-0.3, -0.25) is 4.79 Å². The van der Waals surface area contributed by atoms with Gasteiger partial charge in [-0.15, -0.1) is 0 Å². The van der Waals surface area contributed by atoms with Crippen LogP contribution in [-0.4, -0.2) is 39.1 Å². The highest BCUT2D eigenvalue weighted by Crippen LogP contribution is 2.27. The Labute approximate surface area is 119 Å². The lowest BCUT2D eigenvalue weighted by molar-refractivity contribution is -0.186. The molecule has 21 heavy (non-hydrogen) atoms. The molecule has 0 saturated carbocycles. The summed E-state index contributed by atoms with van der Waals surface area (Å²) in [5, 5.41) is 0.934. The van der Waals surface area contributed by atoms with Gasteiger partial charge in [0, 0.05) is 30.9 Å². The monoisotopic (exact) mass is 297 g/mol. The average molecular weight is 297 g/mol. The van der Waals surface area contributed by atoms with Gasteiger partial charge in [-0.25, -0.2) is 4.98 Å². The number of amides is 1. The van der Waals surface area contributed by atoms with Gasteiger partial charge in [-0.1, -0.05) is 0 Å². The van der Waals surface area contributed by atoms with Crippen LogP contribution in [-0.2, 0) is 11.3 Å². The molecule has 0 spiro atoms. The van der Waals surface area contributed by atoms with Crippen molar-refractivity contribution in [2.24, 2.45) is 0 Å². The van der Waals surface area contributed by atoms with Gasteiger partial charge in [0.05, 0.1) is 6.04 Å². The molecule has 1 amide bonds. The van der Waals surface area contributed by atoms with Gasteiger partial charge in [0.1, 0.15) is 5.65 Å². The van der Waals surface area contributed by atoms with Crippen molar-refractivity contribution in [2.45, 2.75) is 31.6 Å². The second-order valence-electron chi connectivity index (χ2n) is 5.18. The van der Waals surface area contributed by atoms with E-state index in [0.29, 0.717) is 19.4 Å². The van der Waals surface area contributed by atoms with Crippen molar-refractivity contribution < 1.29 is 18.0 Å². The molecule has 0 N–H and O–H groups in total. The Balaban J connectivity index is 1.82. The summed E-state index contributed by atoms with van der Waals surface area (Å²) in [5.74, 6) is -1.74. The number of hydrogen-bond donors (Lipinski definition) is 0. The summed E-state index contributed by atoms with van der Waals surface area (Å²) in [6, 6.07) is 5.14. The highest BCUT2D eigenvalue weighted by Gasteiger charge is 2.45. The van der Waals surface area contributed by atoms with Crippen LogP contribution >= 0.6 is 0 Å². The highest BCUT2D eigenvalue weighted by molar-refractivity contribution is 5.82. The maximum Gasteiger partial charge on any atom is 0.471 e. The third-order valence-corrected chi connectivity index (χ3v) is 3.81. The van der Waals surface area contributed by atoms with Crippen LogP contribution in [0.1, 0.15) is 12.8 Å². The number of carbonyl (C=O) groups is 1. The van der Waals surface area contributed by atoms with E-state index in [9.17, 15) is 18.0 Å². The number of alkyl halides is 3. The number of nitrogens with zero attached hydrogens (tertiary/aromatic N) is 3. The molecule has 1 aliphatic rings. The van der Waals surface area contributed by atoms with Gasteiger partial charge in [0.15, 0.2) is 0 Å². The molecule has 1 aliphatic heterocycles. The molecule has 1 atom stereocenters. The molecule has 0 unspecified atom stereocenters. The van der Waals surface area contributed by atoms with Crippen LogP contribution in [0.25, 0.3) is 11.0 Å². The minimum atomic E-state index is -4.81. The van der Waals surface area contributed by atoms with Crippen LogP contribution < -0.4 is 0 Å². The maximum absolute atomic E-state index is 12.6. The molecule has 0 radical (unpaired) electrons. The maximum atomic E-state index is 12.6. The fourth-order valence-electron chi connectivity index (χ4n) is 2.85. The summed E-state index contributed by atoms with van der Waals surface area (Å²) in [7, 11) is 0. The van der Waals surface area contributed by atoms with Crippen LogP contribution in [0.5, 0.6) is 0 Å². The summed E-state index contributed by atoms with van der Waals surface area (Å²) in [5.41, 5.74) is 0.726. The molecule has 3 rings (SSSR count). The minimum absolute atomic E-state index is 0.162. The van der Waals surface area contributed by atoms with Crippen molar-refractivity contribution in [1.29, 1.82) is 0 Å². The lowest BCUT2D eigenvalue weighted by Gasteiger charge is -2.26. The Morgan fingerprint density at radius 1 is 1.38 bits per heavy atom. The normalized spacial score (nSPS) is 19.4. The van der Waals surface area contributed by atoms with E-state index in [0.717, 1.165) is 15.9 Å². The Morgan fingerprint density at radius 3 is 2.95 bits per heavy atom. The van der Waals surface area contributed by atoms with Crippen molar-refractivity contribution in [3.63, 3.8) is 0 Å². The minimum Gasteiger partial charge on any atom is -0.330 e. The summed E-state index contributed by atoms with van der Waals surface area (Å²) < 4.78 is 39.6. The predicted molar refractivity (Wildman–Crippen MR) is 70.5 cm³/mol. The molecule has 0 bridgehead atoms. The standard InChI is InChI=1S/C14H14F3N3O/c15-14(16,17)13(21)20-7-2-4-11(20)9-19-8-5-10-3-1-6-18-12(10)19/h1,3,5-6,8,11H,2,4,7,9H2/t11-/m0/s1. The quantitative estimate of drug-likeness (QED) is 0.854. The molecular weight excluding hydrogens is 283 g/mol. The first-order valence-electron chi connectivity index (χ1n) is 6.74. The van der Waals surface area contributed by atoms with Crippen molar-refractivity contribution in [2.75, 3.05) is 6.54 Å². The number of hydrogen-bond acceptors (Lipinski definition) is 2. The van der Waals surface area contributed by atoms with E-state index in [4.69, 9.17) is 0 Å². The first-order chi connectivity index (χ1) is 9.97. The van der Waals surface area contributed by atoms with Gasteiger partial charge in [-0.05, 0) is 31.0 Å². The van der Waals surface area contributed by atoms with E-state index in [1.165, 1.54) is 0 Å². The molecular formula is C14H14F3N3O. The molecule has 112 valence electrons. The first-order valence-corrected chi connectivity index (χ1v) is 6.74. The lowest BCUT2D eigenvalue weighted by Crippen LogP contribution is -2.45. The number of pyridine rings is 1. The zero-order chi connectivity index (χ0) is 15.0. The number of halogens is 3. The van der Waals surface area contributed by atoms with E-state index >= 15 is 0 Å². The topological polar surface area (TPSA) is 38.1 Å². The van der Waals surface area contributed by atoms with Crippen LogP contribution in [0.3, 0.4) is 0 Å². The zero-order valence-electron chi connectivity index (χ0n) is 11.2. The van der Waals surface area contributed by atoms with Crippen LogP contribution in [0.15, 0.2) is 30.6 Å². The summed E-state index contributed by atoms with van der Waals surface area (Å²) in [4.78, 5) is 16.6. The fraction of sp³-hybridized carbons (Fsp3) is 0.429. The third kappa shape index (κ3) is 2.59. The lowest BCUT2D eigenvalue weighted by atomic mass is 10.2. The van der Waals surface area contributed by atoms with Gasteiger partial charge in [0.2, 0.25) is 0 Å². The van der Waals surface area contributed by atoms with Gasteiger partial charge >= 0.3 is 12.1 Å². The number of carbonyl (C=O) groups excluding carboxylic acids is 1. The van der Waals surface area contributed by atoms with E-state index in [1.807, 2.05) is 22.8 Å². The highest BCUT2D eigenvalue weighted by atomic mass is 19.4. The number of aromatic nitrogens is 2. The Morgan fingerprint density at radius 2 is 2.19 bits per heavy atom. The average Bonchev–Trinajstić information content (AvgIpc) is 3.05. The number of rotatable bonds is 2. The Kier molecular flexibility index (Phi) is 3.35. The van der Waals surface area contributed by atoms with Crippen molar-refractivity contribution >= 4 is 16.9 Å². The van der Waals surface area contributed by atoms with Crippen LogP contribution in [0.2, 0.25) is 0 Å². The molecule has 0 aromatic carbocycles. The molecule has 2 aromatic rings. The third-order valence-electron chi connectivity index (χ3n) is 3.81. The second kappa shape index (κ2) is 5.05. The molecule has 3 heterocycles. The van der Waals surface area contributed by atoms with Gasteiger partial charge in [-0.2, -0.15) is 13.2 Å². The number of fused-ring (bicyclic) bond motifs is 1. The molecule has 1 saturated heterocycles. The van der Waals surface area contributed by atoms with Crippen molar-refractivity contribution in [1.82, 2.24) is 14.5 Å². The van der Waals surface area contributed by atoms with E-state index in [-0.39, 0.29) is 6.54 Å². The van der Waals surface area contributed by atoms with Crippen LogP contribution in [0, 0.1) is 0 Å². The molecule has 7 heteroatoms. The van der Waals surface area contributed by atoms with Crippen molar-refractivity contribution in [3.8, 4) is 0 Å².